The molecule has 160 valence electrons. The minimum absolute atomic E-state index is 0.000521. The monoisotopic (exact) mass is 420 g/mol. The van der Waals surface area contributed by atoms with Crippen molar-refractivity contribution in [2.45, 2.75) is 24.9 Å². The van der Waals surface area contributed by atoms with Gasteiger partial charge in [0.25, 0.3) is 0 Å². The fourth-order valence-corrected chi connectivity index (χ4v) is 5.22. The van der Waals surface area contributed by atoms with E-state index >= 15 is 0 Å². The molecule has 1 fully saturated rings. The van der Waals surface area contributed by atoms with E-state index in [9.17, 15) is 4.39 Å². The fourth-order valence-electron chi connectivity index (χ4n) is 5.22. The summed E-state index contributed by atoms with van der Waals surface area (Å²) in [4.78, 5) is 11.6. The summed E-state index contributed by atoms with van der Waals surface area (Å²) in [7, 11) is 0. The van der Waals surface area contributed by atoms with Gasteiger partial charge in [0.15, 0.2) is 6.10 Å². The Kier molecular flexibility index (Phi) is 4.38. The number of aromatic nitrogens is 1. The Labute approximate surface area is 179 Å². The Morgan fingerprint density at radius 3 is 2.90 bits per heavy atom. The number of hydrogen-bond donors (Lipinski definition) is 2. The van der Waals surface area contributed by atoms with Gasteiger partial charge in [0, 0.05) is 41.0 Å². The molecule has 0 aliphatic carbocycles. The van der Waals surface area contributed by atoms with Crippen molar-refractivity contribution in [2.75, 3.05) is 32.0 Å². The van der Waals surface area contributed by atoms with Crippen molar-refractivity contribution in [3.8, 4) is 5.75 Å². The van der Waals surface area contributed by atoms with E-state index in [1.54, 1.807) is 6.07 Å². The lowest BCUT2D eigenvalue weighted by atomic mass is 9.87. The van der Waals surface area contributed by atoms with Crippen molar-refractivity contribution < 1.29 is 14.0 Å². The maximum absolute atomic E-state index is 13.7. The summed E-state index contributed by atoms with van der Waals surface area (Å²) in [6, 6.07) is 10.7. The average molecular weight is 420 g/mol. The first kappa shape index (κ1) is 18.7. The topological polar surface area (TPSA) is 75.9 Å². The van der Waals surface area contributed by atoms with E-state index in [1.165, 1.54) is 11.6 Å². The van der Waals surface area contributed by atoms with Crippen LogP contribution in [0.3, 0.4) is 0 Å². The van der Waals surface area contributed by atoms with Gasteiger partial charge >= 0.3 is 0 Å². The number of ether oxygens (including phenoxy) is 1. The molecular formula is C24H25FN4O2. The summed E-state index contributed by atoms with van der Waals surface area (Å²) < 4.78 is 19.7. The largest absolute Gasteiger partial charge is 0.492 e. The van der Waals surface area contributed by atoms with E-state index in [2.05, 4.69) is 15.0 Å². The highest BCUT2D eigenvalue weighted by Gasteiger charge is 2.41. The Balaban J connectivity index is 1.11. The summed E-state index contributed by atoms with van der Waals surface area (Å²) in [6.07, 6.45) is 4.15. The predicted molar refractivity (Wildman–Crippen MR) is 118 cm³/mol. The van der Waals surface area contributed by atoms with Crippen LogP contribution in [0.4, 0.5) is 10.1 Å². The molecular weight excluding hydrogens is 395 g/mol. The first-order chi connectivity index (χ1) is 15.2. The second-order valence-electron chi connectivity index (χ2n) is 8.80. The Bertz CT molecular complexity index is 1170. The molecule has 3 aromatic rings. The number of anilines is 1. The van der Waals surface area contributed by atoms with Crippen LogP contribution >= 0.6 is 0 Å². The molecule has 4 heterocycles. The molecule has 7 heteroatoms. The van der Waals surface area contributed by atoms with Crippen molar-refractivity contribution in [1.82, 2.24) is 9.88 Å². The van der Waals surface area contributed by atoms with Crippen molar-refractivity contribution in [3.63, 3.8) is 0 Å². The van der Waals surface area contributed by atoms with Crippen LogP contribution in [-0.2, 0) is 4.84 Å². The number of nitrogens with one attached hydrogen (secondary N) is 1. The van der Waals surface area contributed by atoms with E-state index in [-0.39, 0.29) is 17.8 Å². The number of H-pyrrole nitrogens is 1. The van der Waals surface area contributed by atoms with E-state index in [1.807, 2.05) is 30.5 Å². The first-order valence-corrected chi connectivity index (χ1v) is 10.9. The van der Waals surface area contributed by atoms with Gasteiger partial charge in [-0.05, 0) is 67.7 Å². The highest BCUT2D eigenvalue weighted by molar-refractivity contribution is 6.06. The van der Waals surface area contributed by atoms with Crippen molar-refractivity contribution in [3.05, 3.63) is 59.5 Å². The maximum atomic E-state index is 13.7. The number of likely N-dealkylation sites (tertiary alicyclic amines) is 1. The van der Waals surface area contributed by atoms with Crippen LogP contribution in [0.1, 0.15) is 29.9 Å². The lowest BCUT2D eigenvalue weighted by Crippen LogP contribution is -2.43. The molecule has 3 aliphatic rings. The van der Waals surface area contributed by atoms with E-state index in [4.69, 9.17) is 15.3 Å². The number of fused-ring (bicyclic) bond motifs is 4. The maximum Gasteiger partial charge on any atom is 0.151 e. The molecule has 1 aromatic heterocycles. The number of nitrogen functional groups attached to an aromatic ring is 1. The number of benzene rings is 2. The third-order valence-electron chi connectivity index (χ3n) is 6.93. The van der Waals surface area contributed by atoms with Gasteiger partial charge in [-0.15, -0.1) is 0 Å². The Hall–Kier alpha value is -3.06. The van der Waals surface area contributed by atoms with Crippen LogP contribution in [0.5, 0.6) is 5.75 Å². The molecule has 1 saturated heterocycles. The number of hydrogen-bond acceptors (Lipinski definition) is 5. The lowest BCUT2D eigenvalue weighted by molar-refractivity contribution is 0.0162. The van der Waals surface area contributed by atoms with Crippen molar-refractivity contribution in [1.29, 1.82) is 0 Å². The quantitative estimate of drug-likeness (QED) is 0.631. The molecule has 2 unspecified atom stereocenters. The molecule has 3 N–H and O–H groups in total. The van der Waals surface area contributed by atoms with Gasteiger partial charge in [0.05, 0.1) is 5.92 Å². The minimum atomic E-state index is -0.182. The van der Waals surface area contributed by atoms with Crippen LogP contribution in [-0.4, -0.2) is 47.9 Å². The zero-order valence-electron chi connectivity index (χ0n) is 17.2. The molecule has 2 atom stereocenters. The fraction of sp³-hybridized carbons (Fsp3) is 0.375. The number of oxime groups is 1. The zero-order valence-corrected chi connectivity index (χ0v) is 17.2. The second kappa shape index (κ2) is 7.27. The van der Waals surface area contributed by atoms with Crippen molar-refractivity contribution in [2.24, 2.45) is 11.1 Å². The number of aromatic amines is 1. The van der Waals surface area contributed by atoms with Crippen LogP contribution in [0, 0.1) is 11.7 Å². The molecule has 0 amide bonds. The van der Waals surface area contributed by atoms with Crippen LogP contribution in [0.2, 0.25) is 0 Å². The highest BCUT2D eigenvalue weighted by Crippen LogP contribution is 2.37. The number of halogens is 1. The summed E-state index contributed by atoms with van der Waals surface area (Å²) >= 11 is 0. The van der Waals surface area contributed by atoms with Gasteiger partial charge in [0.2, 0.25) is 0 Å². The van der Waals surface area contributed by atoms with Crippen LogP contribution in [0.25, 0.3) is 10.9 Å². The molecule has 31 heavy (non-hydrogen) atoms. The molecule has 2 aromatic carbocycles. The molecule has 6 rings (SSSR count). The molecule has 0 saturated carbocycles. The normalized spacial score (nSPS) is 23.7. The van der Waals surface area contributed by atoms with E-state index in [0.29, 0.717) is 18.2 Å². The Morgan fingerprint density at radius 1 is 1.16 bits per heavy atom. The first-order valence-electron chi connectivity index (χ1n) is 10.9. The summed E-state index contributed by atoms with van der Waals surface area (Å²) in [5, 5.41) is 5.41. The second-order valence-corrected chi connectivity index (χ2v) is 8.80. The molecule has 3 aliphatic heterocycles. The van der Waals surface area contributed by atoms with E-state index < -0.39 is 0 Å². The standard InChI is InChI=1S/C24H25FN4O2/c25-15-1-4-21-18(9-15)19(11-27-21)14-5-7-29(8-6-14)12-23-20-13-30-22-10-16(26)2-3-17(22)24(20)28-31-23/h1-4,9-11,14,20,23,27H,5-8,12-13,26H2. The molecule has 6 nitrogen and oxygen atoms in total. The Morgan fingerprint density at radius 2 is 2.03 bits per heavy atom. The third-order valence-corrected chi connectivity index (χ3v) is 6.93. The highest BCUT2D eigenvalue weighted by atomic mass is 19.1. The summed E-state index contributed by atoms with van der Waals surface area (Å²) in [6.45, 7) is 3.38. The predicted octanol–water partition coefficient (Wildman–Crippen LogP) is 3.88. The van der Waals surface area contributed by atoms with Crippen LogP contribution in [0.15, 0.2) is 47.8 Å². The summed E-state index contributed by atoms with van der Waals surface area (Å²) in [5.41, 5.74) is 10.8. The number of piperidine rings is 1. The van der Waals surface area contributed by atoms with Gasteiger partial charge in [0.1, 0.15) is 23.9 Å². The number of nitrogens with zero attached hydrogens (tertiary/aromatic N) is 2. The number of nitrogens with two attached hydrogens (primary N) is 1. The molecule has 0 radical (unpaired) electrons. The minimum Gasteiger partial charge on any atom is -0.492 e. The molecule has 0 bridgehead atoms. The SMILES string of the molecule is Nc1ccc2c(c1)OCC1C2=NOC1CN1CCC(c2c[nH]c3ccc(F)cc23)CC1. The zero-order chi connectivity index (χ0) is 20.9. The van der Waals surface area contributed by atoms with Gasteiger partial charge < -0.3 is 20.3 Å². The van der Waals surface area contributed by atoms with Crippen LogP contribution < -0.4 is 10.5 Å². The third kappa shape index (κ3) is 3.24. The van der Waals surface area contributed by atoms with Gasteiger partial charge in [-0.3, -0.25) is 4.90 Å². The van der Waals surface area contributed by atoms with Crippen molar-refractivity contribution >= 4 is 22.3 Å². The lowest BCUT2D eigenvalue weighted by Gasteiger charge is -2.34. The summed E-state index contributed by atoms with van der Waals surface area (Å²) in [5.74, 6) is 1.19. The average Bonchev–Trinajstić information content (AvgIpc) is 3.38. The smallest absolute Gasteiger partial charge is 0.151 e. The van der Waals surface area contributed by atoms with Gasteiger partial charge in [-0.1, -0.05) is 5.16 Å². The molecule has 0 spiro atoms. The van der Waals surface area contributed by atoms with Gasteiger partial charge in [-0.25, -0.2) is 4.39 Å². The van der Waals surface area contributed by atoms with Gasteiger partial charge in [-0.2, -0.15) is 0 Å². The van der Waals surface area contributed by atoms with E-state index in [0.717, 1.165) is 60.4 Å². The number of rotatable bonds is 3.